The van der Waals surface area contributed by atoms with Crippen LogP contribution in [0.3, 0.4) is 0 Å². The summed E-state index contributed by atoms with van der Waals surface area (Å²) in [4.78, 5) is 36.6. The first-order valence-corrected chi connectivity index (χ1v) is 10.0. The number of benzene rings is 1. The SMILES string of the molecule is CC(C)C[C@H](NC(=O)OCc1ccccc1)C(=O)N[C@H](CO)C[C@@H]1CCNC1=O. The smallest absolute Gasteiger partial charge is 0.408 e. The highest BCUT2D eigenvalue weighted by Crippen LogP contribution is 2.16. The van der Waals surface area contributed by atoms with Crippen molar-refractivity contribution < 1.29 is 24.2 Å². The molecule has 8 nitrogen and oxygen atoms in total. The van der Waals surface area contributed by atoms with Gasteiger partial charge in [0.05, 0.1) is 12.6 Å². The molecule has 0 saturated carbocycles. The predicted octanol–water partition coefficient (Wildman–Crippen LogP) is 1.33. The van der Waals surface area contributed by atoms with Crippen LogP contribution in [0.2, 0.25) is 0 Å². The molecule has 0 aliphatic carbocycles. The molecule has 2 rings (SSSR count). The van der Waals surface area contributed by atoms with Crippen LogP contribution in [0, 0.1) is 11.8 Å². The van der Waals surface area contributed by atoms with Gasteiger partial charge in [-0.1, -0.05) is 44.2 Å². The minimum absolute atomic E-state index is 0.0564. The van der Waals surface area contributed by atoms with Gasteiger partial charge in [0.25, 0.3) is 0 Å². The first kappa shape index (κ1) is 22.7. The van der Waals surface area contributed by atoms with Crippen molar-refractivity contribution in [3.8, 4) is 0 Å². The maximum atomic E-state index is 12.7. The summed E-state index contributed by atoms with van der Waals surface area (Å²) >= 11 is 0. The van der Waals surface area contributed by atoms with E-state index in [-0.39, 0.29) is 31.0 Å². The Morgan fingerprint density at radius 1 is 1.24 bits per heavy atom. The van der Waals surface area contributed by atoms with Crippen molar-refractivity contribution in [1.82, 2.24) is 16.0 Å². The Kier molecular flexibility index (Phi) is 8.92. The van der Waals surface area contributed by atoms with Crippen molar-refractivity contribution >= 4 is 17.9 Å². The lowest BCUT2D eigenvalue weighted by Crippen LogP contribution is -2.51. The van der Waals surface area contributed by atoms with Gasteiger partial charge in [-0.2, -0.15) is 0 Å². The summed E-state index contributed by atoms with van der Waals surface area (Å²) in [7, 11) is 0. The van der Waals surface area contributed by atoms with E-state index in [1.54, 1.807) is 0 Å². The number of aliphatic hydroxyl groups is 1. The molecule has 3 amide bonds. The van der Waals surface area contributed by atoms with Crippen molar-refractivity contribution in [1.29, 1.82) is 0 Å². The largest absolute Gasteiger partial charge is 0.445 e. The third-order valence-corrected chi connectivity index (χ3v) is 4.83. The van der Waals surface area contributed by atoms with E-state index < -0.39 is 24.1 Å². The van der Waals surface area contributed by atoms with E-state index in [2.05, 4.69) is 16.0 Å². The monoisotopic (exact) mass is 405 g/mol. The molecule has 29 heavy (non-hydrogen) atoms. The molecule has 0 radical (unpaired) electrons. The van der Waals surface area contributed by atoms with Gasteiger partial charge in [-0.15, -0.1) is 0 Å². The van der Waals surface area contributed by atoms with E-state index in [0.29, 0.717) is 25.8 Å². The summed E-state index contributed by atoms with van der Waals surface area (Å²) in [5, 5.41) is 17.7. The number of carbonyl (C=O) groups is 3. The highest BCUT2D eigenvalue weighted by Gasteiger charge is 2.30. The lowest BCUT2D eigenvalue weighted by atomic mass is 9.97. The second-order valence-electron chi connectivity index (χ2n) is 7.79. The lowest BCUT2D eigenvalue weighted by Gasteiger charge is -2.24. The molecule has 1 saturated heterocycles. The maximum Gasteiger partial charge on any atom is 0.408 e. The average molecular weight is 405 g/mol. The van der Waals surface area contributed by atoms with Crippen LogP contribution in [0.1, 0.15) is 38.7 Å². The van der Waals surface area contributed by atoms with Gasteiger partial charge in [0.2, 0.25) is 11.8 Å². The molecular weight excluding hydrogens is 374 g/mol. The standard InChI is InChI=1S/C21H31N3O5/c1-14(2)10-18(24-21(28)29-13-15-6-4-3-5-7-15)20(27)23-17(12-25)11-16-8-9-22-19(16)26/h3-7,14,16-18,25H,8-13H2,1-2H3,(H,22,26)(H,23,27)(H,24,28)/t16-,17-,18-/m0/s1. The molecule has 8 heteroatoms. The number of amides is 3. The number of hydrogen-bond acceptors (Lipinski definition) is 5. The summed E-state index contributed by atoms with van der Waals surface area (Å²) in [6.45, 7) is 4.34. The molecule has 1 aliphatic heterocycles. The number of rotatable bonds is 10. The maximum absolute atomic E-state index is 12.7. The van der Waals surface area contributed by atoms with Crippen molar-refractivity contribution in [2.45, 2.75) is 51.8 Å². The summed E-state index contributed by atoms with van der Waals surface area (Å²) in [5.74, 6) is -0.514. The van der Waals surface area contributed by atoms with Crippen LogP contribution in [0.15, 0.2) is 30.3 Å². The van der Waals surface area contributed by atoms with Crippen LogP contribution in [-0.4, -0.2) is 48.2 Å². The predicted molar refractivity (Wildman–Crippen MR) is 108 cm³/mol. The van der Waals surface area contributed by atoms with E-state index in [1.165, 1.54) is 0 Å². The molecule has 1 aliphatic rings. The summed E-state index contributed by atoms with van der Waals surface area (Å²) in [6, 6.07) is 7.93. The van der Waals surface area contributed by atoms with E-state index in [1.807, 2.05) is 44.2 Å². The Balaban J connectivity index is 1.89. The zero-order valence-electron chi connectivity index (χ0n) is 17.0. The number of nitrogens with one attached hydrogen (secondary N) is 3. The topological polar surface area (TPSA) is 117 Å². The second-order valence-corrected chi connectivity index (χ2v) is 7.79. The van der Waals surface area contributed by atoms with E-state index in [9.17, 15) is 19.5 Å². The van der Waals surface area contributed by atoms with Crippen LogP contribution in [-0.2, 0) is 20.9 Å². The molecule has 0 unspecified atom stereocenters. The zero-order chi connectivity index (χ0) is 21.2. The highest BCUT2D eigenvalue weighted by molar-refractivity contribution is 5.86. The van der Waals surface area contributed by atoms with Crippen LogP contribution in [0.25, 0.3) is 0 Å². The Hall–Kier alpha value is -2.61. The van der Waals surface area contributed by atoms with Crippen molar-refractivity contribution in [3.63, 3.8) is 0 Å². The van der Waals surface area contributed by atoms with E-state index in [0.717, 1.165) is 5.56 Å². The molecule has 1 aromatic rings. The summed E-state index contributed by atoms with van der Waals surface area (Å²) in [5.41, 5.74) is 0.850. The van der Waals surface area contributed by atoms with E-state index in [4.69, 9.17) is 4.74 Å². The average Bonchev–Trinajstić information content (AvgIpc) is 3.10. The fraction of sp³-hybridized carbons (Fsp3) is 0.571. The minimum Gasteiger partial charge on any atom is -0.445 e. The molecule has 160 valence electrons. The molecule has 4 N–H and O–H groups in total. The number of carbonyl (C=O) groups excluding carboxylic acids is 3. The van der Waals surface area contributed by atoms with E-state index >= 15 is 0 Å². The molecule has 0 bridgehead atoms. The molecule has 3 atom stereocenters. The molecule has 0 spiro atoms. The van der Waals surface area contributed by atoms with Crippen LogP contribution < -0.4 is 16.0 Å². The first-order chi connectivity index (χ1) is 13.9. The van der Waals surface area contributed by atoms with Crippen LogP contribution >= 0.6 is 0 Å². The van der Waals surface area contributed by atoms with Gasteiger partial charge in [-0.05, 0) is 30.7 Å². The molecule has 1 fully saturated rings. The van der Waals surface area contributed by atoms with Gasteiger partial charge in [-0.3, -0.25) is 9.59 Å². The van der Waals surface area contributed by atoms with Gasteiger partial charge < -0.3 is 25.8 Å². The van der Waals surface area contributed by atoms with Crippen molar-refractivity contribution in [2.75, 3.05) is 13.2 Å². The Bertz CT molecular complexity index is 680. The number of hydrogen-bond donors (Lipinski definition) is 4. The van der Waals surface area contributed by atoms with Crippen LogP contribution in [0.4, 0.5) is 4.79 Å². The third kappa shape index (κ3) is 7.73. The van der Waals surface area contributed by atoms with Gasteiger partial charge in [-0.25, -0.2) is 4.79 Å². The van der Waals surface area contributed by atoms with Gasteiger partial charge in [0.1, 0.15) is 12.6 Å². The number of ether oxygens (including phenoxy) is 1. The van der Waals surface area contributed by atoms with Crippen molar-refractivity contribution in [3.05, 3.63) is 35.9 Å². The van der Waals surface area contributed by atoms with Crippen LogP contribution in [0.5, 0.6) is 0 Å². The number of aliphatic hydroxyl groups excluding tert-OH is 1. The normalized spacial score (nSPS) is 18.1. The minimum atomic E-state index is -0.787. The number of alkyl carbamates (subject to hydrolysis) is 1. The quantitative estimate of drug-likeness (QED) is 0.469. The summed E-state index contributed by atoms with van der Waals surface area (Å²) in [6.07, 6.45) is 0.797. The highest BCUT2D eigenvalue weighted by atomic mass is 16.5. The van der Waals surface area contributed by atoms with Gasteiger partial charge >= 0.3 is 6.09 Å². The molecular formula is C21H31N3O5. The second kappa shape index (κ2) is 11.4. The Morgan fingerprint density at radius 3 is 2.55 bits per heavy atom. The Labute approximate surface area is 171 Å². The van der Waals surface area contributed by atoms with Gasteiger partial charge in [0, 0.05) is 12.5 Å². The third-order valence-electron chi connectivity index (χ3n) is 4.83. The zero-order valence-corrected chi connectivity index (χ0v) is 17.0. The Morgan fingerprint density at radius 2 is 1.97 bits per heavy atom. The summed E-state index contributed by atoms with van der Waals surface area (Å²) < 4.78 is 5.21. The molecule has 1 aromatic carbocycles. The molecule has 1 heterocycles. The lowest BCUT2D eigenvalue weighted by molar-refractivity contribution is -0.126. The fourth-order valence-electron chi connectivity index (χ4n) is 3.30. The van der Waals surface area contributed by atoms with Gasteiger partial charge in [0.15, 0.2) is 0 Å². The van der Waals surface area contributed by atoms with Crippen molar-refractivity contribution in [2.24, 2.45) is 11.8 Å². The molecule has 0 aromatic heterocycles. The first-order valence-electron chi connectivity index (χ1n) is 10.0. The fourth-order valence-corrected chi connectivity index (χ4v) is 3.30.